The molecule has 2 aromatic rings. The van der Waals surface area contributed by atoms with E-state index in [1.807, 2.05) is 48.5 Å². The Bertz CT molecular complexity index is 620. The number of carbonyl (C=O) groups is 1. The van der Waals surface area contributed by atoms with Crippen molar-refractivity contribution in [1.29, 1.82) is 0 Å². The maximum absolute atomic E-state index is 10.3. The van der Waals surface area contributed by atoms with Crippen molar-refractivity contribution in [3.63, 3.8) is 0 Å². The lowest BCUT2D eigenvalue weighted by Crippen LogP contribution is -2.00. The number of carbonyl (C=O) groups excluding carboxylic acids is 1. The second-order valence-corrected chi connectivity index (χ2v) is 5.56. The summed E-state index contributed by atoms with van der Waals surface area (Å²) in [5.74, 6) is 0.790. The van der Waals surface area contributed by atoms with Crippen LogP contribution in [0.5, 0.6) is 5.75 Å². The van der Waals surface area contributed by atoms with Crippen molar-refractivity contribution in [2.45, 2.75) is 12.8 Å². The van der Waals surface area contributed by atoms with Gasteiger partial charge in [-0.25, -0.2) is 0 Å². The zero-order chi connectivity index (χ0) is 15.1. The van der Waals surface area contributed by atoms with E-state index in [2.05, 4.69) is 22.5 Å². The van der Waals surface area contributed by atoms with Crippen LogP contribution in [-0.2, 0) is 4.79 Å². The molecule has 2 nitrogen and oxygen atoms in total. The highest BCUT2D eigenvalue weighted by molar-refractivity contribution is 9.10. The van der Waals surface area contributed by atoms with E-state index in [4.69, 9.17) is 4.74 Å². The molecule has 0 aliphatic heterocycles. The Balaban J connectivity index is 2.22. The van der Waals surface area contributed by atoms with Gasteiger partial charge in [-0.05, 0) is 35.8 Å². The standard InChI is InChI=1S/C18H17BrO2/c1-14(15-7-3-2-4-8-15)17-13-16(19)9-10-18(17)21-12-6-5-11-20/h2-4,7-11,13H,1,5-6,12H2. The van der Waals surface area contributed by atoms with Crippen molar-refractivity contribution in [3.05, 3.63) is 70.7 Å². The largest absolute Gasteiger partial charge is 0.493 e. The lowest BCUT2D eigenvalue weighted by molar-refractivity contribution is -0.108. The molecule has 0 N–H and O–H groups in total. The molecule has 0 unspecified atom stereocenters. The van der Waals surface area contributed by atoms with E-state index in [0.717, 1.165) is 39.6 Å². The number of unbranched alkanes of at least 4 members (excludes halogenated alkanes) is 1. The van der Waals surface area contributed by atoms with E-state index in [-0.39, 0.29) is 0 Å². The Morgan fingerprint density at radius 2 is 1.95 bits per heavy atom. The van der Waals surface area contributed by atoms with Crippen molar-refractivity contribution in [3.8, 4) is 5.75 Å². The fraction of sp³-hybridized carbons (Fsp3) is 0.167. The third-order valence-electron chi connectivity index (χ3n) is 3.11. The van der Waals surface area contributed by atoms with Crippen LogP contribution >= 0.6 is 15.9 Å². The molecule has 0 aliphatic carbocycles. The Labute approximate surface area is 133 Å². The van der Waals surface area contributed by atoms with Crippen LogP contribution < -0.4 is 4.74 Å². The number of ether oxygens (including phenoxy) is 1. The van der Waals surface area contributed by atoms with Gasteiger partial charge in [0.2, 0.25) is 0 Å². The SMILES string of the molecule is C=C(c1ccccc1)c1cc(Br)ccc1OCCCC=O. The summed E-state index contributed by atoms with van der Waals surface area (Å²) >= 11 is 3.49. The average molecular weight is 345 g/mol. The minimum Gasteiger partial charge on any atom is -0.493 e. The monoisotopic (exact) mass is 344 g/mol. The van der Waals surface area contributed by atoms with E-state index < -0.39 is 0 Å². The molecule has 2 aromatic carbocycles. The van der Waals surface area contributed by atoms with Gasteiger partial charge < -0.3 is 9.53 Å². The second-order valence-electron chi connectivity index (χ2n) is 4.64. The van der Waals surface area contributed by atoms with Gasteiger partial charge in [-0.15, -0.1) is 0 Å². The van der Waals surface area contributed by atoms with Crippen LogP contribution in [0.3, 0.4) is 0 Å². The molecule has 108 valence electrons. The molecule has 0 heterocycles. The third-order valence-corrected chi connectivity index (χ3v) is 3.61. The maximum Gasteiger partial charge on any atom is 0.127 e. The van der Waals surface area contributed by atoms with Gasteiger partial charge in [0.15, 0.2) is 0 Å². The van der Waals surface area contributed by atoms with E-state index in [0.29, 0.717) is 13.0 Å². The van der Waals surface area contributed by atoms with Crippen LogP contribution in [0.15, 0.2) is 59.6 Å². The Hall–Kier alpha value is -1.87. The summed E-state index contributed by atoms with van der Waals surface area (Å²) in [4.78, 5) is 10.3. The van der Waals surface area contributed by atoms with Crippen LogP contribution in [0.25, 0.3) is 5.57 Å². The molecule has 0 saturated carbocycles. The summed E-state index contributed by atoms with van der Waals surface area (Å²) in [5.41, 5.74) is 2.94. The van der Waals surface area contributed by atoms with Crippen LogP contribution in [0, 0.1) is 0 Å². The molecule has 0 radical (unpaired) electrons. The maximum atomic E-state index is 10.3. The number of benzene rings is 2. The summed E-state index contributed by atoms with van der Waals surface area (Å²) in [7, 11) is 0. The van der Waals surface area contributed by atoms with Gasteiger partial charge in [-0.2, -0.15) is 0 Å². The van der Waals surface area contributed by atoms with Gasteiger partial charge in [0, 0.05) is 16.5 Å². The highest BCUT2D eigenvalue weighted by atomic mass is 79.9. The van der Waals surface area contributed by atoms with Gasteiger partial charge in [0.05, 0.1) is 6.61 Å². The molecule has 2 rings (SSSR count). The summed E-state index contributed by atoms with van der Waals surface area (Å²) in [6.07, 6.45) is 2.15. The minimum atomic E-state index is 0.519. The molecule has 0 spiro atoms. The average Bonchev–Trinajstić information content (AvgIpc) is 2.53. The van der Waals surface area contributed by atoms with E-state index in [1.165, 1.54) is 0 Å². The molecular weight excluding hydrogens is 328 g/mol. The Morgan fingerprint density at radius 3 is 2.67 bits per heavy atom. The molecule has 21 heavy (non-hydrogen) atoms. The van der Waals surface area contributed by atoms with E-state index in [9.17, 15) is 4.79 Å². The predicted octanol–water partition coefficient (Wildman–Crippen LogP) is 4.87. The quantitative estimate of drug-likeness (QED) is 0.529. The van der Waals surface area contributed by atoms with Crippen molar-refractivity contribution in [2.24, 2.45) is 0 Å². The minimum absolute atomic E-state index is 0.519. The molecular formula is C18H17BrO2. The lowest BCUT2D eigenvalue weighted by atomic mass is 9.99. The molecule has 0 atom stereocenters. The van der Waals surface area contributed by atoms with Crippen molar-refractivity contribution in [2.75, 3.05) is 6.61 Å². The first-order chi connectivity index (χ1) is 10.2. The second kappa shape index (κ2) is 7.79. The van der Waals surface area contributed by atoms with Gasteiger partial charge in [-0.1, -0.05) is 52.8 Å². The zero-order valence-electron chi connectivity index (χ0n) is 11.7. The molecule has 0 aromatic heterocycles. The first-order valence-corrected chi connectivity index (χ1v) is 7.62. The smallest absolute Gasteiger partial charge is 0.127 e. The van der Waals surface area contributed by atoms with Crippen LogP contribution in [0.2, 0.25) is 0 Å². The van der Waals surface area contributed by atoms with E-state index in [1.54, 1.807) is 0 Å². The first kappa shape index (κ1) is 15.5. The summed E-state index contributed by atoms with van der Waals surface area (Å²) in [6, 6.07) is 15.9. The normalized spacial score (nSPS) is 10.1. The predicted molar refractivity (Wildman–Crippen MR) is 89.5 cm³/mol. The van der Waals surface area contributed by atoms with Crippen molar-refractivity contribution in [1.82, 2.24) is 0 Å². The Kier molecular flexibility index (Phi) is 5.76. The topological polar surface area (TPSA) is 26.3 Å². The number of halogens is 1. The van der Waals surface area contributed by atoms with Crippen molar-refractivity contribution < 1.29 is 9.53 Å². The third kappa shape index (κ3) is 4.30. The molecule has 0 amide bonds. The van der Waals surface area contributed by atoms with Gasteiger partial charge in [-0.3, -0.25) is 0 Å². The number of aldehydes is 1. The van der Waals surface area contributed by atoms with E-state index >= 15 is 0 Å². The molecule has 0 bridgehead atoms. The summed E-state index contributed by atoms with van der Waals surface area (Å²) < 4.78 is 6.78. The van der Waals surface area contributed by atoms with Gasteiger partial charge in [0.1, 0.15) is 12.0 Å². The fourth-order valence-corrected chi connectivity index (χ4v) is 2.37. The Morgan fingerprint density at radius 1 is 1.19 bits per heavy atom. The molecule has 3 heteroatoms. The summed E-state index contributed by atoms with van der Waals surface area (Å²) in [5, 5.41) is 0. The number of hydrogen-bond acceptors (Lipinski definition) is 2. The molecule has 0 fully saturated rings. The fourth-order valence-electron chi connectivity index (χ4n) is 2.01. The number of hydrogen-bond donors (Lipinski definition) is 0. The van der Waals surface area contributed by atoms with Crippen LogP contribution in [-0.4, -0.2) is 12.9 Å². The van der Waals surface area contributed by atoms with Gasteiger partial charge in [0.25, 0.3) is 0 Å². The number of rotatable bonds is 7. The van der Waals surface area contributed by atoms with Crippen LogP contribution in [0.1, 0.15) is 24.0 Å². The molecule has 0 saturated heterocycles. The zero-order valence-corrected chi connectivity index (χ0v) is 13.3. The lowest BCUT2D eigenvalue weighted by Gasteiger charge is -2.14. The van der Waals surface area contributed by atoms with Crippen LogP contribution in [0.4, 0.5) is 0 Å². The first-order valence-electron chi connectivity index (χ1n) is 6.83. The van der Waals surface area contributed by atoms with Gasteiger partial charge >= 0.3 is 0 Å². The van der Waals surface area contributed by atoms with Crippen molar-refractivity contribution >= 4 is 27.8 Å². The highest BCUT2D eigenvalue weighted by Gasteiger charge is 2.10. The summed E-state index contributed by atoms with van der Waals surface area (Å²) in [6.45, 7) is 4.71. The molecule has 0 aliphatic rings. The highest BCUT2D eigenvalue weighted by Crippen LogP contribution is 2.32.